The summed E-state index contributed by atoms with van der Waals surface area (Å²) in [5, 5.41) is 4.47. The first-order valence-electron chi connectivity index (χ1n) is 8.54. The van der Waals surface area contributed by atoms with Crippen LogP contribution in [0.25, 0.3) is 0 Å². The molecule has 0 N–H and O–H groups in total. The summed E-state index contributed by atoms with van der Waals surface area (Å²) in [6.45, 7) is 3.83. The van der Waals surface area contributed by atoms with Crippen LogP contribution in [0.4, 0.5) is 8.78 Å². The third kappa shape index (κ3) is 4.02. The monoisotopic (exact) mass is 397 g/mol. The van der Waals surface area contributed by atoms with Gasteiger partial charge in [0.1, 0.15) is 11.6 Å². The smallest absolute Gasteiger partial charge is 0.254 e. The van der Waals surface area contributed by atoms with Crippen LogP contribution < -0.4 is 0 Å². The Morgan fingerprint density at radius 3 is 2.44 bits per heavy atom. The molecule has 2 heterocycles. The Bertz CT molecular complexity index is 981. The molecule has 1 fully saturated rings. The molecule has 2 aromatic rings. The zero-order chi connectivity index (χ0) is 19.9. The lowest BCUT2D eigenvalue weighted by molar-refractivity contribution is 0.0783. The van der Waals surface area contributed by atoms with Gasteiger partial charge in [0.2, 0.25) is 0 Å². The van der Waals surface area contributed by atoms with Crippen molar-refractivity contribution in [2.24, 2.45) is 0 Å². The topological polar surface area (TPSA) is 72.3 Å². The van der Waals surface area contributed by atoms with Gasteiger partial charge in [0.25, 0.3) is 5.91 Å². The molecule has 1 aromatic heterocycles. The van der Waals surface area contributed by atoms with Gasteiger partial charge in [-0.3, -0.25) is 9.48 Å². The van der Waals surface area contributed by atoms with E-state index in [1.807, 2.05) is 6.92 Å². The van der Waals surface area contributed by atoms with Crippen LogP contribution in [0, 0.1) is 25.5 Å². The number of halogens is 2. The van der Waals surface area contributed by atoms with E-state index in [0.29, 0.717) is 18.2 Å². The van der Waals surface area contributed by atoms with E-state index in [4.69, 9.17) is 0 Å². The molecule has 0 unspecified atom stereocenters. The summed E-state index contributed by atoms with van der Waals surface area (Å²) in [6, 6.07) is 2.49. The summed E-state index contributed by atoms with van der Waals surface area (Å²) in [7, 11) is -1.50. The number of nitrogens with zero attached hydrogens (tertiary/aromatic N) is 3. The molecule has 1 aromatic carbocycles. The van der Waals surface area contributed by atoms with Crippen molar-refractivity contribution in [2.45, 2.75) is 32.9 Å². The zero-order valence-corrected chi connectivity index (χ0v) is 16.2. The molecule has 0 aliphatic carbocycles. The summed E-state index contributed by atoms with van der Waals surface area (Å²) in [4.78, 5) is 13.9. The highest BCUT2D eigenvalue weighted by Crippen LogP contribution is 2.27. The quantitative estimate of drug-likeness (QED) is 0.794. The Labute approximate surface area is 156 Å². The summed E-state index contributed by atoms with van der Waals surface area (Å²) in [5.74, 6) is -1.92. The van der Waals surface area contributed by atoms with Gasteiger partial charge in [-0.25, -0.2) is 17.2 Å². The maximum atomic E-state index is 13.4. The van der Waals surface area contributed by atoms with Crippen LogP contribution in [0.1, 0.15) is 39.8 Å². The molecule has 9 heteroatoms. The van der Waals surface area contributed by atoms with Gasteiger partial charge in [0.05, 0.1) is 23.2 Å². The van der Waals surface area contributed by atoms with Crippen LogP contribution in [0.2, 0.25) is 0 Å². The van der Waals surface area contributed by atoms with E-state index in [2.05, 4.69) is 5.10 Å². The molecule has 146 valence electrons. The standard InChI is InChI=1S/C18H21F2N3O3S/c1-11-17(12(2)23(21-11)16-4-5-27(25,26)10-16)9-22(3)18(24)13-6-14(19)8-15(20)7-13/h6-8,16H,4-5,9-10H2,1-3H3/t16-/m0/s1. The SMILES string of the molecule is Cc1nn([C@H]2CCS(=O)(=O)C2)c(C)c1CN(C)C(=O)c1cc(F)cc(F)c1. The molecule has 0 radical (unpaired) electrons. The van der Waals surface area contributed by atoms with E-state index in [-0.39, 0.29) is 29.7 Å². The van der Waals surface area contributed by atoms with Crippen LogP contribution in [0.15, 0.2) is 18.2 Å². The second-order valence-corrected chi connectivity index (χ2v) is 9.20. The Morgan fingerprint density at radius 1 is 1.26 bits per heavy atom. The van der Waals surface area contributed by atoms with E-state index < -0.39 is 27.4 Å². The van der Waals surface area contributed by atoms with Gasteiger partial charge in [0.15, 0.2) is 9.84 Å². The summed E-state index contributed by atoms with van der Waals surface area (Å²) >= 11 is 0. The van der Waals surface area contributed by atoms with E-state index in [1.165, 1.54) is 4.90 Å². The molecule has 0 bridgehead atoms. The molecule has 1 saturated heterocycles. The van der Waals surface area contributed by atoms with Crippen molar-refractivity contribution >= 4 is 15.7 Å². The molecule has 1 aliphatic heterocycles. The molecule has 0 saturated carbocycles. The van der Waals surface area contributed by atoms with E-state index in [9.17, 15) is 22.0 Å². The van der Waals surface area contributed by atoms with Crippen LogP contribution in [-0.2, 0) is 16.4 Å². The lowest BCUT2D eigenvalue weighted by atomic mass is 10.1. The zero-order valence-electron chi connectivity index (χ0n) is 15.4. The number of carbonyl (C=O) groups is 1. The maximum Gasteiger partial charge on any atom is 0.254 e. The average molecular weight is 397 g/mol. The van der Waals surface area contributed by atoms with Gasteiger partial charge in [-0.2, -0.15) is 5.10 Å². The van der Waals surface area contributed by atoms with E-state index >= 15 is 0 Å². The summed E-state index contributed by atoms with van der Waals surface area (Å²) in [6.07, 6.45) is 0.515. The lowest BCUT2D eigenvalue weighted by Gasteiger charge is -2.18. The predicted octanol–water partition coefficient (Wildman–Crippen LogP) is 2.41. The second kappa shape index (κ2) is 7.03. The largest absolute Gasteiger partial charge is 0.337 e. The summed E-state index contributed by atoms with van der Waals surface area (Å²) < 4.78 is 51.9. The molecular weight excluding hydrogens is 376 g/mol. The number of aromatic nitrogens is 2. The van der Waals surface area contributed by atoms with Gasteiger partial charge >= 0.3 is 0 Å². The molecule has 1 amide bonds. The number of hydrogen-bond donors (Lipinski definition) is 0. The highest BCUT2D eigenvalue weighted by molar-refractivity contribution is 7.91. The van der Waals surface area contributed by atoms with Crippen LogP contribution in [-0.4, -0.2) is 47.6 Å². The van der Waals surface area contributed by atoms with Gasteiger partial charge in [-0.15, -0.1) is 0 Å². The average Bonchev–Trinajstić information content (AvgIpc) is 3.06. The summed E-state index contributed by atoms with van der Waals surface area (Å²) in [5.41, 5.74) is 2.22. The first kappa shape index (κ1) is 19.5. The molecule has 0 spiro atoms. The second-order valence-electron chi connectivity index (χ2n) is 6.97. The molecule has 1 atom stereocenters. The Hall–Kier alpha value is -2.29. The number of benzene rings is 1. The molecule has 6 nitrogen and oxygen atoms in total. The maximum absolute atomic E-state index is 13.4. The molecule has 1 aliphatic rings. The lowest BCUT2D eigenvalue weighted by Crippen LogP contribution is -2.27. The van der Waals surface area contributed by atoms with E-state index in [0.717, 1.165) is 23.4 Å². The first-order chi connectivity index (χ1) is 12.6. The highest BCUT2D eigenvalue weighted by atomic mass is 32.2. The Kier molecular flexibility index (Phi) is 5.07. The van der Waals surface area contributed by atoms with Gasteiger partial charge in [0, 0.05) is 36.5 Å². The van der Waals surface area contributed by atoms with Gasteiger partial charge < -0.3 is 4.90 Å². The first-order valence-corrected chi connectivity index (χ1v) is 10.4. The highest BCUT2D eigenvalue weighted by Gasteiger charge is 2.31. The van der Waals surface area contributed by atoms with Crippen molar-refractivity contribution in [2.75, 3.05) is 18.6 Å². The van der Waals surface area contributed by atoms with Crippen LogP contribution >= 0.6 is 0 Å². The third-order valence-electron chi connectivity index (χ3n) is 4.88. The molecule has 3 rings (SSSR count). The van der Waals surface area contributed by atoms with Crippen molar-refractivity contribution in [3.8, 4) is 0 Å². The van der Waals surface area contributed by atoms with Gasteiger partial charge in [-0.1, -0.05) is 0 Å². The predicted molar refractivity (Wildman–Crippen MR) is 96.2 cm³/mol. The molecular formula is C18H21F2N3O3S. The Balaban J connectivity index is 1.82. The number of sulfone groups is 1. The number of hydrogen-bond acceptors (Lipinski definition) is 4. The van der Waals surface area contributed by atoms with Crippen LogP contribution in [0.5, 0.6) is 0 Å². The van der Waals surface area contributed by atoms with Crippen LogP contribution in [0.3, 0.4) is 0 Å². The minimum atomic E-state index is -3.04. The number of carbonyl (C=O) groups excluding carboxylic acids is 1. The van der Waals surface area contributed by atoms with E-state index in [1.54, 1.807) is 18.7 Å². The van der Waals surface area contributed by atoms with Crippen molar-refractivity contribution in [1.82, 2.24) is 14.7 Å². The minimum absolute atomic E-state index is 0.0612. The van der Waals surface area contributed by atoms with Crippen molar-refractivity contribution in [3.63, 3.8) is 0 Å². The van der Waals surface area contributed by atoms with Gasteiger partial charge in [-0.05, 0) is 32.4 Å². The fourth-order valence-corrected chi connectivity index (χ4v) is 5.15. The van der Waals surface area contributed by atoms with Crippen molar-refractivity contribution in [3.05, 3.63) is 52.3 Å². The number of amides is 1. The fourth-order valence-electron chi connectivity index (χ4n) is 3.46. The Morgan fingerprint density at radius 2 is 1.89 bits per heavy atom. The van der Waals surface area contributed by atoms with Crippen molar-refractivity contribution < 1.29 is 22.0 Å². The minimum Gasteiger partial charge on any atom is -0.337 e. The molecule has 27 heavy (non-hydrogen) atoms. The fraction of sp³-hybridized carbons (Fsp3) is 0.444. The number of rotatable bonds is 4. The normalized spacial score (nSPS) is 18.6. The third-order valence-corrected chi connectivity index (χ3v) is 6.63. The van der Waals surface area contributed by atoms with Crippen molar-refractivity contribution in [1.29, 1.82) is 0 Å². The number of aryl methyl sites for hydroxylation is 1.